The Bertz CT molecular complexity index is 295. The molecule has 1 heterocycles. The first-order valence-electron chi connectivity index (χ1n) is 4.20. The molecule has 0 aliphatic rings. The van der Waals surface area contributed by atoms with Crippen molar-refractivity contribution in [1.29, 1.82) is 0 Å². The average Bonchev–Trinajstić information content (AvgIpc) is 2.51. The number of carbonyl (C=O) groups is 1. The molecule has 0 aromatic carbocycles. The molecule has 5 nitrogen and oxygen atoms in total. The normalized spacial score (nSPS) is 12.5. The fourth-order valence-corrected chi connectivity index (χ4v) is 0.926. The maximum atomic E-state index is 11.2. The van der Waals surface area contributed by atoms with E-state index in [1.165, 1.54) is 0 Å². The van der Waals surface area contributed by atoms with Crippen molar-refractivity contribution in [3.63, 3.8) is 0 Å². The van der Waals surface area contributed by atoms with Gasteiger partial charge in [-0.2, -0.15) is 5.10 Å². The molecule has 0 bridgehead atoms. The molecule has 5 heteroatoms. The van der Waals surface area contributed by atoms with Gasteiger partial charge in [-0.25, -0.2) is 4.98 Å². The van der Waals surface area contributed by atoms with Gasteiger partial charge in [0.05, 0.1) is 6.61 Å². The zero-order valence-corrected chi connectivity index (χ0v) is 8.00. The molecule has 1 aromatic heterocycles. The van der Waals surface area contributed by atoms with Gasteiger partial charge in [0.1, 0.15) is 11.7 Å². The zero-order chi connectivity index (χ0) is 9.84. The van der Waals surface area contributed by atoms with Crippen LogP contribution in [-0.2, 0) is 9.53 Å². The molecule has 1 aromatic rings. The van der Waals surface area contributed by atoms with Gasteiger partial charge in [-0.3, -0.25) is 9.89 Å². The number of esters is 1. The molecular weight excluding hydrogens is 170 g/mol. The van der Waals surface area contributed by atoms with Gasteiger partial charge >= 0.3 is 5.97 Å². The highest BCUT2D eigenvalue weighted by atomic mass is 16.5. The van der Waals surface area contributed by atoms with Crippen LogP contribution in [-0.4, -0.2) is 27.8 Å². The van der Waals surface area contributed by atoms with Crippen molar-refractivity contribution < 1.29 is 9.53 Å². The summed E-state index contributed by atoms with van der Waals surface area (Å²) in [6, 6.07) is 0. The van der Waals surface area contributed by atoms with Crippen LogP contribution in [0.1, 0.15) is 31.4 Å². The van der Waals surface area contributed by atoms with Crippen LogP contribution < -0.4 is 0 Å². The molecular formula is C8H13N3O2. The number of aryl methyl sites for hydroxylation is 1. The molecule has 0 aliphatic carbocycles. The lowest BCUT2D eigenvalue weighted by molar-refractivity contribution is -0.144. The summed E-state index contributed by atoms with van der Waals surface area (Å²) in [5.74, 6) is 0.494. The third-order valence-corrected chi connectivity index (χ3v) is 1.64. The molecule has 0 amide bonds. The fourth-order valence-electron chi connectivity index (χ4n) is 0.926. The van der Waals surface area contributed by atoms with Crippen LogP contribution in [0.4, 0.5) is 0 Å². The van der Waals surface area contributed by atoms with Gasteiger partial charge in [-0.15, -0.1) is 0 Å². The van der Waals surface area contributed by atoms with E-state index in [9.17, 15) is 4.79 Å². The molecule has 1 N–H and O–H groups in total. The van der Waals surface area contributed by atoms with Crippen molar-refractivity contribution in [2.24, 2.45) is 0 Å². The zero-order valence-electron chi connectivity index (χ0n) is 8.00. The van der Waals surface area contributed by atoms with E-state index in [2.05, 4.69) is 15.2 Å². The maximum Gasteiger partial charge on any atom is 0.316 e. The van der Waals surface area contributed by atoms with Gasteiger partial charge in [0.25, 0.3) is 0 Å². The van der Waals surface area contributed by atoms with E-state index in [-0.39, 0.29) is 5.97 Å². The van der Waals surface area contributed by atoms with E-state index in [4.69, 9.17) is 4.74 Å². The van der Waals surface area contributed by atoms with Crippen LogP contribution in [0.2, 0.25) is 0 Å². The lowest BCUT2D eigenvalue weighted by atomic mass is 10.2. The first-order valence-corrected chi connectivity index (χ1v) is 4.20. The van der Waals surface area contributed by atoms with E-state index in [1.807, 2.05) is 0 Å². The SMILES string of the molecule is CCOC(=O)C(C)c1n[nH]c(C)n1. The van der Waals surface area contributed by atoms with Gasteiger partial charge in [-0.1, -0.05) is 0 Å². The summed E-state index contributed by atoms with van der Waals surface area (Å²) in [6.45, 7) is 5.66. The number of nitrogens with zero attached hydrogens (tertiary/aromatic N) is 2. The third-order valence-electron chi connectivity index (χ3n) is 1.64. The minimum absolute atomic E-state index is 0.290. The molecule has 0 fully saturated rings. The van der Waals surface area contributed by atoms with Crippen LogP contribution in [0.15, 0.2) is 0 Å². The fraction of sp³-hybridized carbons (Fsp3) is 0.625. The first kappa shape index (κ1) is 9.70. The monoisotopic (exact) mass is 183 g/mol. The third kappa shape index (κ3) is 2.27. The summed E-state index contributed by atoms with van der Waals surface area (Å²) in [5.41, 5.74) is 0. The first-order chi connectivity index (χ1) is 6.15. The Hall–Kier alpha value is -1.39. The van der Waals surface area contributed by atoms with Crippen molar-refractivity contribution in [2.45, 2.75) is 26.7 Å². The molecule has 0 saturated heterocycles. The van der Waals surface area contributed by atoms with Crippen LogP contribution in [0.5, 0.6) is 0 Å². The summed E-state index contributed by atoms with van der Waals surface area (Å²) < 4.78 is 4.83. The van der Waals surface area contributed by atoms with Crippen molar-refractivity contribution in [3.05, 3.63) is 11.6 Å². The van der Waals surface area contributed by atoms with Crippen LogP contribution in [0.25, 0.3) is 0 Å². The second kappa shape index (κ2) is 4.02. The maximum absolute atomic E-state index is 11.2. The van der Waals surface area contributed by atoms with Crippen LogP contribution >= 0.6 is 0 Å². The van der Waals surface area contributed by atoms with Crippen molar-refractivity contribution in [2.75, 3.05) is 6.61 Å². The molecule has 72 valence electrons. The van der Waals surface area contributed by atoms with Gasteiger partial charge < -0.3 is 4.74 Å². The van der Waals surface area contributed by atoms with Crippen LogP contribution in [0, 0.1) is 6.92 Å². The summed E-state index contributed by atoms with van der Waals surface area (Å²) in [4.78, 5) is 15.3. The Morgan fingerprint density at radius 1 is 1.69 bits per heavy atom. The second-order valence-electron chi connectivity index (χ2n) is 2.75. The summed E-state index contributed by atoms with van der Waals surface area (Å²) in [7, 11) is 0. The second-order valence-corrected chi connectivity index (χ2v) is 2.75. The lowest BCUT2D eigenvalue weighted by Crippen LogP contribution is -2.14. The highest BCUT2D eigenvalue weighted by Gasteiger charge is 2.20. The smallest absolute Gasteiger partial charge is 0.316 e. The van der Waals surface area contributed by atoms with E-state index in [0.717, 1.165) is 0 Å². The minimum Gasteiger partial charge on any atom is -0.465 e. The molecule has 0 aliphatic heterocycles. The Balaban J connectivity index is 2.67. The lowest BCUT2D eigenvalue weighted by Gasteiger charge is -2.05. The van der Waals surface area contributed by atoms with E-state index < -0.39 is 5.92 Å². The van der Waals surface area contributed by atoms with E-state index in [0.29, 0.717) is 18.3 Å². The number of carbonyl (C=O) groups excluding carboxylic acids is 1. The minimum atomic E-state index is -0.398. The number of hydrogen-bond acceptors (Lipinski definition) is 4. The Kier molecular flexibility index (Phi) is 3.00. The standard InChI is InChI=1S/C8H13N3O2/c1-4-13-8(12)5(2)7-9-6(3)10-11-7/h5H,4H2,1-3H3,(H,9,10,11). The molecule has 1 atom stereocenters. The number of nitrogens with one attached hydrogen (secondary N) is 1. The Labute approximate surface area is 76.5 Å². The predicted octanol–water partition coefficient (Wildman–Crippen LogP) is 0.780. The summed E-state index contributed by atoms with van der Waals surface area (Å²) >= 11 is 0. The highest BCUT2D eigenvalue weighted by molar-refractivity contribution is 5.76. The number of aromatic amines is 1. The predicted molar refractivity (Wildman–Crippen MR) is 46.2 cm³/mol. The van der Waals surface area contributed by atoms with Gasteiger partial charge in [0.15, 0.2) is 5.82 Å². The molecule has 0 radical (unpaired) electrons. The molecule has 0 spiro atoms. The van der Waals surface area contributed by atoms with Gasteiger partial charge in [0.2, 0.25) is 0 Å². The largest absolute Gasteiger partial charge is 0.465 e. The Morgan fingerprint density at radius 3 is 2.85 bits per heavy atom. The van der Waals surface area contributed by atoms with Crippen molar-refractivity contribution in [1.82, 2.24) is 15.2 Å². The molecule has 13 heavy (non-hydrogen) atoms. The summed E-state index contributed by atoms with van der Waals surface area (Å²) in [6.07, 6.45) is 0. The number of rotatable bonds is 3. The highest BCUT2D eigenvalue weighted by Crippen LogP contribution is 2.11. The number of ether oxygens (including phenoxy) is 1. The van der Waals surface area contributed by atoms with E-state index in [1.54, 1.807) is 20.8 Å². The molecule has 1 unspecified atom stereocenters. The van der Waals surface area contributed by atoms with Gasteiger partial charge in [0, 0.05) is 0 Å². The van der Waals surface area contributed by atoms with E-state index >= 15 is 0 Å². The molecule has 0 saturated carbocycles. The number of aromatic nitrogens is 3. The van der Waals surface area contributed by atoms with Crippen LogP contribution in [0.3, 0.4) is 0 Å². The quantitative estimate of drug-likeness (QED) is 0.703. The topological polar surface area (TPSA) is 67.9 Å². The average molecular weight is 183 g/mol. The Morgan fingerprint density at radius 2 is 2.38 bits per heavy atom. The van der Waals surface area contributed by atoms with Gasteiger partial charge in [-0.05, 0) is 20.8 Å². The van der Waals surface area contributed by atoms with Crippen molar-refractivity contribution >= 4 is 5.97 Å². The summed E-state index contributed by atoms with van der Waals surface area (Å²) in [5, 5.41) is 6.56. The van der Waals surface area contributed by atoms with Crippen molar-refractivity contribution in [3.8, 4) is 0 Å². The molecule has 1 rings (SSSR count). The number of H-pyrrole nitrogens is 1. The number of hydrogen-bond donors (Lipinski definition) is 1.